The van der Waals surface area contributed by atoms with Gasteiger partial charge in [0.1, 0.15) is 0 Å². The maximum absolute atomic E-state index is 11.9. The zero-order valence-electron chi connectivity index (χ0n) is 12.2. The first kappa shape index (κ1) is 14.2. The van der Waals surface area contributed by atoms with Crippen molar-refractivity contribution in [3.05, 3.63) is 43.0 Å². The number of carbonyl (C=O) groups is 1. The molecule has 0 fully saturated rings. The van der Waals surface area contributed by atoms with Gasteiger partial charge in [-0.15, -0.1) is 5.10 Å². The van der Waals surface area contributed by atoms with Crippen LogP contribution in [0.2, 0.25) is 0 Å². The molecule has 2 aromatic heterocycles. The second-order valence-corrected chi connectivity index (χ2v) is 5.05. The second kappa shape index (κ2) is 6.84. The third kappa shape index (κ3) is 3.49. The molecule has 1 amide bonds. The molecule has 0 bridgehead atoms. The molecular formula is C15H18N6O. The van der Waals surface area contributed by atoms with Crippen LogP contribution in [0.25, 0.3) is 11.0 Å². The van der Waals surface area contributed by atoms with Crippen LogP contribution in [-0.2, 0) is 17.9 Å². The predicted octanol–water partition coefficient (Wildman–Crippen LogP) is 1.22. The minimum Gasteiger partial charge on any atom is -0.356 e. The van der Waals surface area contributed by atoms with E-state index in [1.165, 1.54) is 0 Å². The van der Waals surface area contributed by atoms with Gasteiger partial charge in [-0.3, -0.25) is 9.48 Å². The summed E-state index contributed by atoms with van der Waals surface area (Å²) in [6.45, 7) is 2.03. The zero-order chi connectivity index (χ0) is 15.2. The Morgan fingerprint density at radius 2 is 2.14 bits per heavy atom. The standard InChI is InChI=1S/C15H18N6O/c22-15(16-7-3-9-21-11-8-18-19-21)6-10-20-12-17-13-4-1-2-5-14(13)20/h1-2,4-5,8,11-12H,3,6-7,9-10H2,(H,16,22). The average molecular weight is 298 g/mol. The molecule has 7 nitrogen and oxygen atoms in total. The lowest BCUT2D eigenvalue weighted by Crippen LogP contribution is -2.26. The Hall–Kier alpha value is -2.70. The number of aromatic nitrogens is 5. The Balaban J connectivity index is 1.40. The molecular weight excluding hydrogens is 280 g/mol. The molecule has 0 saturated heterocycles. The molecule has 114 valence electrons. The van der Waals surface area contributed by atoms with E-state index in [2.05, 4.69) is 20.6 Å². The van der Waals surface area contributed by atoms with Crippen molar-refractivity contribution in [2.75, 3.05) is 6.54 Å². The highest BCUT2D eigenvalue weighted by Crippen LogP contribution is 2.11. The summed E-state index contributed by atoms with van der Waals surface area (Å²) in [7, 11) is 0. The first-order chi connectivity index (χ1) is 10.8. The third-order valence-corrected chi connectivity index (χ3v) is 3.47. The van der Waals surface area contributed by atoms with Gasteiger partial charge in [-0.05, 0) is 18.6 Å². The topological polar surface area (TPSA) is 77.6 Å². The lowest BCUT2D eigenvalue weighted by atomic mass is 10.3. The summed E-state index contributed by atoms with van der Waals surface area (Å²) < 4.78 is 3.76. The molecule has 7 heteroatoms. The van der Waals surface area contributed by atoms with E-state index in [1.54, 1.807) is 17.2 Å². The SMILES string of the molecule is O=C(CCn1cnc2ccccc21)NCCCn1ccnn1. The van der Waals surface area contributed by atoms with Crippen molar-refractivity contribution in [2.24, 2.45) is 0 Å². The predicted molar refractivity (Wildman–Crippen MR) is 82.0 cm³/mol. The summed E-state index contributed by atoms with van der Waals surface area (Å²) in [6.07, 6.45) is 6.52. The minimum absolute atomic E-state index is 0.0522. The molecule has 2 heterocycles. The number of hydrogen-bond donors (Lipinski definition) is 1. The largest absolute Gasteiger partial charge is 0.356 e. The molecule has 0 atom stereocenters. The maximum atomic E-state index is 11.9. The summed E-state index contributed by atoms with van der Waals surface area (Å²) in [5.74, 6) is 0.0522. The number of carbonyl (C=O) groups excluding carboxylic acids is 1. The fourth-order valence-corrected chi connectivity index (χ4v) is 2.32. The molecule has 0 aliphatic carbocycles. The molecule has 22 heavy (non-hydrogen) atoms. The quantitative estimate of drug-likeness (QED) is 0.665. The van der Waals surface area contributed by atoms with Gasteiger partial charge in [-0.2, -0.15) is 0 Å². The van der Waals surface area contributed by atoms with Crippen LogP contribution in [0.5, 0.6) is 0 Å². The van der Waals surface area contributed by atoms with Gasteiger partial charge in [0.05, 0.1) is 23.6 Å². The molecule has 0 spiro atoms. The highest BCUT2D eigenvalue weighted by Gasteiger charge is 2.05. The van der Waals surface area contributed by atoms with Crippen LogP contribution in [0.15, 0.2) is 43.0 Å². The van der Waals surface area contributed by atoms with Crippen molar-refractivity contribution in [1.82, 2.24) is 29.9 Å². The maximum Gasteiger partial charge on any atom is 0.221 e. The van der Waals surface area contributed by atoms with Crippen LogP contribution in [-0.4, -0.2) is 37.0 Å². The number of rotatable bonds is 7. The number of fused-ring (bicyclic) bond motifs is 1. The van der Waals surface area contributed by atoms with E-state index < -0.39 is 0 Å². The molecule has 3 rings (SSSR count). The Labute approximate surface area is 128 Å². The van der Waals surface area contributed by atoms with Gasteiger partial charge in [0, 0.05) is 32.3 Å². The second-order valence-electron chi connectivity index (χ2n) is 5.05. The van der Waals surface area contributed by atoms with Gasteiger partial charge in [0.15, 0.2) is 0 Å². The smallest absolute Gasteiger partial charge is 0.221 e. The molecule has 1 N–H and O–H groups in total. The Morgan fingerprint density at radius 1 is 1.23 bits per heavy atom. The van der Waals surface area contributed by atoms with Crippen LogP contribution in [0.4, 0.5) is 0 Å². The lowest BCUT2D eigenvalue weighted by molar-refractivity contribution is -0.121. The van der Waals surface area contributed by atoms with E-state index in [0.29, 0.717) is 19.5 Å². The highest BCUT2D eigenvalue weighted by molar-refractivity contribution is 5.77. The first-order valence-corrected chi connectivity index (χ1v) is 7.33. The summed E-state index contributed by atoms with van der Waals surface area (Å²) in [6, 6.07) is 7.92. The van der Waals surface area contributed by atoms with E-state index in [9.17, 15) is 4.79 Å². The van der Waals surface area contributed by atoms with Crippen molar-refractivity contribution >= 4 is 16.9 Å². The Bertz CT molecular complexity index is 733. The van der Waals surface area contributed by atoms with Crippen molar-refractivity contribution in [2.45, 2.75) is 25.9 Å². The molecule has 1 aromatic carbocycles. The fourth-order valence-electron chi connectivity index (χ4n) is 2.32. The molecule has 0 aliphatic rings. The lowest BCUT2D eigenvalue weighted by Gasteiger charge is -2.06. The van der Waals surface area contributed by atoms with Crippen molar-refractivity contribution in [1.29, 1.82) is 0 Å². The van der Waals surface area contributed by atoms with Crippen molar-refractivity contribution < 1.29 is 4.79 Å². The van der Waals surface area contributed by atoms with Gasteiger partial charge in [-0.1, -0.05) is 17.3 Å². The number of aryl methyl sites for hydroxylation is 2. The normalized spacial score (nSPS) is 10.9. The average Bonchev–Trinajstić information content (AvgIpc) is 3.19. The molecule has 0 saturated carbocycles. The van der Waals surface area contributed by atoms with Gasteiger partial charge < -0.3 is 9.88 Å². The fraction of sp³-hybridized carbons (Fsp3) is 0.333. The highest BCUT2D eigenvalue weighted by atomic mass is 16.1. The monoisotopic (exact) mass is 298 g/mol. The van der Waals surface area contributed by atoms with Gasteiger partial charge >= 0.3 is 0 Å². The number of imidazole rings is 1. The zero-order valence-corrected chi connectivity index (χ0v) is 12.2. The molecule has 0 aliphatic heterocycles. The number of benzene rings is 1. The summed E-state index contributed by atoms with van der Waals surface area (Å²) in [5, 5.41) is 10.5. The summed E-state index contributed by atoms with van der Waals surface area (Å²) in [4.78, 5) is 16.2. The molecule has 0 unspecified atom stereocenters. The number of nitrogens with one attached hydrogen (secondary N) is 1. The summed E-state index contributed by atoms with van der Waals surface area (Å²) >= 11 is 0. The van der Waals surface area contributed by atoms with E-state index in [4.69, 9.17) is 0 Å². The van der Waals surface area contributed by atoms with E-state index >= 15 is 0 Å². The van der Waals surface area contributed by atoms with Crippen LogP contribution < -0.4 is 5.32 Å². The first-order valence-electron chi connectivity index (χ1n) is 7.33. The van der Waals surface area contributed by atoms with Gasteiger partial charge in [0.2, 0.25) is 5.91 Å². The van der Waals surface area contributed by atoms with E-state index in [1.807, 2.05) is 35.0 Å². The third-order valence-electron chi connectivity index (χ3n) is 3.47. The number of amides is 1. The number of para-hydroxylation sites is 2. The molecule has 0 radical (unpaired) electrons. The van der Waals surface area contributed by atoms with E-state index in [0.717, 1.165) is 24.0 Å². The van der Waals surface area contributed by atoms with Crippen LogP contribution in [0.3, 0.4) is 0 Å². The van der Waals surface area contributed by atoms with Gasteiger partial charge in [-0.25, -0.2) is 4.98 Å². The number of hydrogen-bond acceptors (Lipinski definition) is 4. The Kier molecular flexibility index (Phi) is 4.43. The Morgan fingerprint density at radius 3 is 3.00 bits per heavy atom. The van der Waals surface area contributed by atoms with E-state index in [-0.39, 0.29) is 5.91 Å². The van der Waals surface area contributed by atoms with Crippen molar-refractivity contribution in [3.63, 3.8) is 0 Å². The minimum atomic E-state index is 0.0522. The van der Waals surface area contributed by atoms with Crippen LogP contribution >= 0.6 is 0 Å². The van der Waals surface area contributed by atoms with Crippen LogP contribution in [0, 0.1) is 0 Å². The summed E-state index contributed by atoms with van der Waals surface area (Å²) in [5.41, 5.74) is 2.01. The number of nitrogens with zero attached hydrogens (tertiary/aromatic N) is 5. The van der Waals surface area contributed by atoms with Crippen molar-refractivity contribution in [3.8, 4) is 0 Å². The van der Waals surface area contributed by atoms with Crippen LogP contribution in [0.1, 0.15) is 12.8 Å². The molecule has 3 aromatic rings. The van der Waals surface area contributed by atoms with Gasteiger partial charge in [0.25, 0.3) is 0 Å².